The Balaban J connectivity index is 1.95. The maximum absolute atomic E-state index is 5.36. The number of imidazole rings is 1. The van der Waals surface area contributed by atoms with Gasteiger partial charge in [0, 0.05) is 10.8 Å². The van der Waals surface area contributed by atoms with E-state index in [9.17, 15) is 0 Å². The van der Waals surface area contributed by atoms with Crippen molar-refractivity contribution < 1.29 is 0 Å². The quantitative estimate of drug-likeness (QED) is 0.277. The second-order valence-electron chi connectivity index (χ2n) is 11.4. The SMILES string of the molecule is Bc1c2c(c(B)c3c1nc1c4ccccc4c4ccccc4n13)C(C)(C)C(C)(C)C2(C)C. The van der Waals surface area contributed by atoms with E-state index >= 15 is 0 Å². The van der Waals surface area contributed by atoms with Crippen LogP contribution in [0.2, 0.25) is 0 Å². The van der Waals surface area contributed by atoms with Gasteiger partial charge in [-0.15, -0.1) is 0 Å². The van der Waals surface area contributed by atoms with Crippen LogP contribution in [0.1, 0.15) is 52.7 Å². The van der Waals surface area contributed by atoms with Crippen molar-refractivity contribution in [3.8, 4) is 0 Å². The van der Waals surface area contributed by atoms with Crippen molar-refractivity contribution >= 4 is 65.0 Å². The number of aromatic nitrogens is 2. The van der Waals surface area contributed by atoms with Crippen molar-refractivity contribution in [1.82, 2.24) is 9.38 Å². The molecule has 0 unspecified atom stereocenters. The van der Waals surface area contributed by atoms with E-state index in [0.29, 0.717) is 0 Å². The summed E-state index contributed by atoms with van der Waals surface area (Å²) >= 11 is 0. The minimum absolute atomic E-state index is 0.0612. The molecule has 0 saturated heterocycles. The zero-order chi connectivity index (χ0) is 22.8. The van der Waals surface area contributed by atoms with Crippen molar-refractivity contribution in [3.63, 3.8) is 0 Å². The molecule has 0 fully saturated rings. The first-order valence-electron chi connectivity index (χ1n) is 11.8. The molecule has 0 amide bonds. The van der Waals surface area contributed by atoms with E-state index < -0.39 is 0 Å². The third-order valence-electron chi connectivity index (χ3n) is 9.57. The Morgan fingerprint density at radius 2 is 1.22 bits per heavy atom. The fourth-order valence-corrected chi connectivity index (χ4v) is 6.83. The summed E-state index contributed by atoms with van der Waals surface area (Å²) < 4.78 is 2.43. The van der Waals surface area contributed by atoms with Crippen LogP contribution >= 0.6 is 0 Å². The molecule has 3 aromatic carbocycles. The monoisotopic (exact) mass is 416 g/mol. The Bertz CT molecular complexity index is 1620. The molecule has 0 saturated carbocycles. The smallest absolute Gasteiger partial charge is 0.146 e. The first-order chi connectivity index (χ1) is 15.0. The number of hydrogen-bond acceptors (Lipinski definition) is 1. The third-order valence-corrected chi connectivity index (χ3v) is 9.57. The maximum Gasteiger partial charge on any atom is 0.146 e. The molecule has 6 rings (SSSR count). The average Bonchev–Trinajstić information content (AvgIpc) is 3.21. The topological polar surface area (TPSA) is 17.3 Å². The molecule has 2 nitrogen and oxygen atoms in total. The Kier molecular flexibility index (Phi) is 3.60. The van der Waals surface area contributed by atoms with Gasteiger partial charge in [-0.05, 0) is 38.8 Å². The highest BCUT2D eigenvalue weighted by Gasteiger charge is 2.58. The van der Waals surface area contributed by atoms with Gasteiger partial charge in [-0.25, -0.2) is 4.98 Å². The summed E-state index contributed by atoms with van der Waals surface area (Å²) in [6.07, 6.45) is 0. The number of fused-ring (bicyclic) bond motifs is 9. The van der Waals surface area contributed by atoms with Crippen molar-refractivity contribution in [3.05, 3.63) is 59.7 Å². The van der Waals surface area contributed by atoms with Crippen LogP contribution in [0.3, 0.4) is 0 Å². The average molecular weight is 416 g/mol. The number of nitrogens with zero attached hydrogens (tertiary/aromatic N) is 2. The molecule has 0 spiro atoms. The third kappa shape index (κ3) is 1.99. The lowest BCUT2D eigenvalue weighted by molar-refractivity contribution is 0.125. The van der Waals surface area contributed by atoms with Crippen molar-refractivity contribution in [2.75, 3.05) is 0 Å². The number of hydrogen-bond donors (Lipinski definition) is 0. The van der Waals surface area contributed by atoms with Crippen LogP contribution in [-0.4, -0.2) is 25.1 Å². The molecule has 158 valence electrons. The lowest BCUT2D eigenvalue weighted by Crippen LogP contribution is -2.43. The summed E-state index contributed by atoms with van der Waals surface area (Å²) in [5, 5.41) is 3.78. The highest BCUT2D eigenvalue weighted by molar-refractivity contribution is 6.47. The molecule has 2 aromatic heterocycles. The highest BCUT2D eigenvalue weighted by atomic mass is 15.0. The molecule has 0 radical (unpaired) electrons. The lowest BCUT2D eigenvalue weighted by Gasteiger charge is -2.45. The molecule has 0 bridgehead atoms. The molecule has 0 N–H and O–H groups in total. The minimum atomic E-state index is 0.0612. The largest absolute Gasteiger partial charge is 0.292 e. The zero-order valence-corrected chi connectivity index (χ0v) is 20.5. The summed E-state index contributed by atoms with van der Waals surface area (Å²) in [6.45, 7) is 14.6. The van der Waals surface area contributed by atoms with Crippen LogP contribution in [0, 0.1) is 5.41 Å². The van der Waals surface area contributed by atoms with Crippen LogP contribution in [0.25, 0.3) is 38.4 Å². The first kappa shape index (κ1) is 19.9. The molecule has 1 aliphatic carbocycles. The van der Waals surface area contributed by atoms with Crippen LogP contribution in [-0.2, 0) is 10.8 Å². The van der Waals surface area contributed by atoms with E-state index in [2.05, 4.69) is 110 Å². The second kappa shape index (κ2) is 5.78. The number of pyridine rings is 1. The maximum atomic E-state index is 5.36. The van der Waals surface area contributed by atoms with Crippen LogP contribution in [0.4, 0.5) is 0 Å². The molecule has 4 heteroatoms. The summed E-state index contributed by atoms with van der Waals surface area (Å²) in [5.41, 5.74) is 10.8. The molecule has 5 aromatic rings. The van der Waals surface area contributed by atoms with Crippen molar-refractivity contribution in [1.29, 1.82) is 0 Å². The lowest BCUT2D eigenvalue weighted by atomic mass is 9.58. The predicted octanol–water partition coefficient (Wildman–Crippen LogP) is 3.91. The molecular weight excluding hydrogens is 386 g/mol. The van der Waals surface area contributed by atoms with E-state index in [-0.39, 0.29) is 16.2 Å². The van der Waals surface area contributed by atoms with Crippen LogP contribution in [0.15, 0.2) is 48.5 Å². The molecule has 32 heavy (non-hydrogen) atoms. The van der Waals surface area contributed by atoms with Crippen LogP contribution < -0.4 is 10.9 Å². The van der Waals surface area contributed by atoms with Crippen molar-refractivity contribution in [2.24, 2.45) is 5.41 Å². The number of rotatable bonds is 0. The van der Waals surface area contributed by atoms with Gasteiger partial charge in [-0.2, -0.15) is 0 Å². The van der Waals surface area contributed by atoms with Gasteiger partial charge in [0.25, 0.3) is 0 Å². The Morgan fingerprint density at radius 1 is 0.688 bits per heavy atom. The Labute approximate surface area is 191 Å². The van der Waals surface area contributed by atoms with Gasteiger partial charge in [-0.3, -0.25) is 4.40 Å². The van der Waals surface area contributed by atoms with Gasteiger partial charge in [0.1, 0.15) is 21.3 Å². The van der Waals surface area contributed by atoms with E-state index in [1.165, 1.54) is 49.2 Å². The van der Waals surface area contributed by atoms with Gasteiger partial charge in [0.2, 0.25) is 0 Å². The number of para-hydroxylation sites is 1. The molecule has 0 aliphatic heterocycles. The molecular formula is C28H30B2N2. The fraction of sp³-hybridized carbons (Fsp3) is 0.321. The van der Waals surface area contributed by atoms with Crippen LogP contribution in [0.5, 0.6) is 0 Å². The Hall–Kier alpha value is -2.74. The van der Waals surface area contributed by atoms with Crippen molar-refractivity contribution in [2.45, 2.75) is 52.4 Å². The molecule has 0 atom stereocenters. The van der Waals surface area contributed by atoms with E-state index in [4.69, 9.17) is 4.98 Å². The highest BCUT2D eigenvalue weighted by Crippen LogP contribution is 2.60. The van der Waals surface area contributed by atoms with Gasteiger partial charge in [0.05, 0.1) is 16.6 Å². The summed E-state index contributed by atoms with van der Waals surface area (Å²) in [5.74, 6) is 0. The summed E-state index contributed by atoms with van der Waals surface area (Å²) in [4.78, 5) is 5.36. The molecule has 1 aliphatic rings. The van der Waals surface area contributed by atoms with Gasteiger partial charge in [-0.1, -0.05) is 94.9 Å². The minimum Gasteiger partial charge on any atom is -0.292 e. The summed E-state index contributed by atoms with van der Waals surface area (Å²) in [7, 11) is 4.63. The van der Waals surface area contributed by atoms with E-state index in [1.54, 1.807) is 0 Å². The number of benzene rings is 3. The normalized spacial score (nSPS) is 18.7. The first-order valence-corrected chi connectivity index (χ1v) is 11.8. The predicted molar refractivity (Wildman–Crippen MR) is 144 cm³/mol. The Morgan fingerprint density at radius 3 is 1.88 bits per heavy atom. The van der Waals surface area contributed by atoms with E-state index in [0.717, 1.165) is 11.2 Å². The second-order valence-corrected chi connectivity index (χ2v) is 11.4. The van der Waals surface area contributed by atoms with Gasteiger partial charge in [0.15, 0.2) is 0 Å². The molecule has 2 heterocycles. The van der Waals surface area contributed by atoms with E-state index in [1.807, 2.05) is 0 Å². The fourth-order valence-electron chi connectivity index (χ4n) is 6.83. The summed E-state index contributed by atoms with van der Waals surface area (Å²) in [6, 6.07) is 17.5. The standard InChI is InChI=1S/C28H30B2N2/c1-26(2)19-20(27(3,4)28(26,5)6)22(30)24-23(21(19)29)31-25-17-13-8-7-11-15(17)16-12-9-10-14-18(16)32(24)25/h7-14H,29-30H2,1-6H3. The van der Waals surface area contributed by atoms with Gasteiger partial charge < -0.3 is 0 Å². The zero-order valence-electron chi connectivity index (χ0n) is 20.5. The van der Waals surface area contributed by atoms with Gasteiger partial charge >= 0.3 is 0 Å².